The Bertz CT molecular complexity index is 1040. The van der Waals surface area contributed by atoms with E-state index in [1.54, 1.807) is 0 Å². The minimum Gasteiger partial charge on any atom is -0.306 e. The summed E-state index contributed by atoms with van der Waals surface area (Å²) >= 11 is 2.39. The average Bonchev–Trinajstić information content (AvgIpc) is 2.75. The molecule has 27 heavy (non-hydrogen) atoms. The molecule has 3 heteroatoms. The summed E-state index contributed by atoms with van der Waals surface area (Å²) in [6.07, 6.45) is 0. The minimum absolute atomic E-state index is 1.17. The first-order valence-corrected chi connectivity index (χ1v) is 9.89. The number of para-hydroxylation sites is 4. The smallest absolute Gasteiger partial charge is 0.0752 e. The van der Waals surface area contributed by atoms with Gasteiger partial charge in [0.1, 0.15) is 0 Å². The second-order valence-corrected chi connectivity index (χ2v) is 7.47. The van der Waals surface area contributed by atoms with Gasteiger partial charge in [0.2, 0.25) is 0 Å². The molecule has 0 atom stereocenters. The molecular weight excluding hydrogens is 443 g/mol. The third-order valence-electron chi connectivity index (χ3n) is 4.90. The zero-order chi connectivity index (χ0) is 18.2. The van der Waals surface area contributed by atoms with Crippen LogP contribution in [0.3, 0.4) is 0 Å². The van der Waals surface area contributed by atoms with Crippen molar-refractivity contribution in [2.24, 2.45) is 0 Å². The standard InChI is InChI=1S/C24H17IN2/c25-27-23-12-6-4-10-21(23)26(22-11-5-7-13-24(22)27)20-16-14-19(15-17-20)18-8-2-1-3-9-18/h1-17H. The second kappa shape index (κ2) is 6.74. The first-order valence-electron chi connectivity index (χ1n) is 8.92. The van der Waals surface area contributed by atoms with Crippen LogP contribution < -0.4 is 8.01 Å². The van der Waals surface area contributed by atoms with E-state index in [0.29, 0.717) is 0 Å². The Balaban J connectivity index is 1.64. The normalized spacial score (nSPS) is 12.5. The predicted octanol–water partition coefficient (Wildman–Crippen LogP) is 7.62. The average molecular weight is 460 g/mol. The van der Waals surface area contributed by atoms with Crippen molar-refractivity contribution in [3.8, 4) is 11.1 Å². The van der Waals surface area contributed by atoms with E-state index in [0.717, 1.165) is 0 Å². The summed E-state index contributed by atoms with van der Waals surface area (Å²) in [6.45, 7) is 0. The van der Waals surface area contributed by atoms with Gasteiger partial charge in [-0.15, -0.1) is 0 Å². The van der Waals surface area contributed by atoms with Crippen LogP contribution in [0.1, 0.15) is 0 Å². The lowest BCUT2D eigenvalue weighted by Gasteiger charge is -2.37. The number of nitrogens with zero attached hydrogens (tertiary/aromatic N) is 2. The van der Waals surface area contributed by atoms with E-state index in [1.165, 1.54) is 39.6 Å². The molecule has 0 amide bonds. The molecule has 0 N–H and O–H groups in total. The minimum atomic E-state index is 1.17. The molecule has 0 unspecified atom stereocenters. The Kier molecular flexibility index (Phi) is 4.09. The van der Waals surface area contributed by atoms with Gasteiger partial charge in [-0.05, 0) is 47.5 Å². The maximum atomic E-state index is 2.39. The van der Waals surface area contributed by atoms with E-state index in [2.05, 4.69) is 134 Å². The Hall–Kier alpha value is -2.79. The van der Waals surface area contributed by atoms with Crippen molar-refractivity contribution < 1.29 is 0 Å². The van der Waals surface area contributed by atoms with Crippen LogP contribution in [0.2, 0.25) is 0 Å². The van der Waals surface area contributed by atoms with Crippen molar-refractivity contribution in [2.75, 3.05) is 8.01 Å². The van der Waals surface area contributed by atoms with Gasteiger partial charge in [0, 0.05) is 5.69 Å². The lowest BCUT2D eigenvalue weighted by molar-refractivity contribution is 1.23. The first-order chi connectivity index (χ1) is 13.3. The highest BCUT2D eigenvalue weighted by Gasteiger charge is 2.27. The van der Waals surface area contributed by atoms with Crippen LogP contribution in [-0.2, 0) is 0 Å². The van der Waals surface area contributed by atoms with Crippen molar-refractivity contribution in [3.05, 3.63) is 103 Å². The summed E-state index contributed by atoms with van der Waals surface area (Å²) < 4.78 is 2.23. The molecule has 1 heterocycles. The molecule has 1 aliphatic rings. The molecule has 0 radical (unpaired) electrons. The van der Waals surface area contributed by atoms with E-state index < -0.39 is 0 Å². The van der Waals surface area contributed by atoms with E-state index in [-0.39, 0.29) is 0 Å². The summed E-state index contributed by atoms with van der Waals surface area (Å²) in [4.78, 5) is 2.34. The Morgan fingerprint density at radius 2 is 0.889 bits per heavy atom. The van der Waals surface area contributed by atoms with Gasteiger partial charge in [0.25, 0.3) is 0 Å². The fraction of sp³-hybridized carbons (Fsp3) is 0. The zero-order valence-corrected chi connectivity index (χ0v) is 16.7. The van der Waals surface area contributed by atoms with Gasteiger partial charge in [-0.25, -0.2) is 0 Å². The zero-order valence-electron chi connectivity index (χ0n) is 14.6. The molecule has 5 rings (SSSR count). The van der Waals surface area contributed by atoms with E-state index >= 15 is 0 Å². The van der Waals surface area contributed by atoms with Gasteiger partial charge in [-0.1, -0.05) is 66.7 Å². The molecule has 0 aromatic heterocycles. The Morgan fingerprint density at radius 3 is 1.44 bits per heavy atom. The summed E-state index contributed by atoms with van der Waals surface area (Å²) in [5, 5.41) is 0. The highest BCUT2D eigenvalue weighted by molar-refractivity contribution is 14.1. The Labute approximate surface area is 173 Å². The SMILES string of the molecule is IN1c2ccccc2N(c2ccc(-c3ccccc3)cc2)c2ccccc21. The fourth-order valence-corrected chi connectivity index (χ4v) is 4.43. The second-order valence-electron chi connectivity index (χ2n) is 6.51. The van der Waals surface area contributed by atoms with E-state index in [9.17, 15) is 0 Å². The summed E-state index contributed by atoms with van der Waals surface area (Å²) in [5.41, 5.74) is 8.42. The lowest BCUT2D eigenvalue weighted by atomic mass is 10.0. The van der Waals surface area contributed by atoms with Crippen LogP contribution in [0.25, 0.3) is 11.1 Å². The molecular formula is C24H17IN2. The topological polar surface area (TPSA) is 6.48 Å². The third-order valence-corrected chi connectivity index (χ3v) is 5.94. The maximum Gasteiger partial charge on any atom is 0.0752 e. The van der Waals surface area contributed by atoms with Crippen LogP contribution in [-0.4, -0.2) is 0 Å². The molecule has 1 aliphatic heterocycles. The van der Waals surface area contributed by atoms with E-state index in [4.69, 9.17) is 0 Å². The molecule has 0 bridgehead atoms. The van der Waals surface area contributed by atoms with Gasteiger partial charge in [-0.2, -0.15) is 0 Å². The largest absolute Gasteiger partial charge is 0.306 e. The highest BCUT2D eigenvalue weighted by Crippen LogP contribution is 2.52. The number of rotatable bonds is 2. The number of fused-ring (bicyclic) bond motifs is 2. The van der Waals surface area contributed by atoms with Crippen molar-refractivity contribution in [2.45, 2.75) is 0 Å². The van der Waals surface area contributed by atoms with Crippen molar-refractivity contribution >= 4 is 51.3 Å². The summed E-state index contributed by atoms with van der Waals surface area (Å²) in [5.74, 6) is 0. The van der Waals surface area contributed by atoms with Crippen molar-refractivity contribution in [1.82, 2.24) is 0 Å². The predicted molar refractivity (Wildman–Crippen MR) is 123 cm³/mol. The quantitative estimate of drug-likeness (QED) is 0.224. The van der Waals surface area contributed by atoms with Crippen molar-refractivity contribution in [3.63, 3.8) is 0 Å². The summed E-state index contributed by atoms with van der Waals surface area (Å²) in [6, 6.07) is 36.4. The van der Waals surface area contributed by atoms with Gasteiger partial charge >= 0.3 is 0 Å². The molecule has 4 aromatic rings. The highest BCUT2D eigenvalue weighted by atomic mass is 127. The number of benzene rings is 4. The Morgan fingerprint density at radius 1 is 0.444 bits per heavy atom. The van der Waals surface area contributed by atoms with E-state index in [1.807, 2.05) is 0 Å². The number of hydrogen-bond acceptors (Lipinski definition) is 2. The maximum absolute atomic E-state index is 2.39. The number of hydrogen-bond donors (Lipinski definition) is 0. The number of anilines is 5. The van der Waals surface area contributed by atoms with Crippen LogP contribution in [0.5, 0.6) is 0 Å². The van der Waals surface area contributed by atoms with Gasteiger partial charge in [-0.3, -0.25) is 3.11 Å². The lowest BCUT2D eigenvalue weighted by Crippen LogP contribution is -2.20. The molecule has 0 spiro atoms. The van der Waals surface area contributed by atoms with Crippen LogP contribution in [0, 0.1) is 0 Å². The van der Waals surface area contributed by atoms with Crippen LogP contribution in [0.15, 0.2) is 103 Å². The monoisotopic (exact) mass is 460 g/mol. The number of halogens is 1. The van der Waals surface area contributed by atoms with Gasteiger partial charge in [0.15, 0.2) is 0 Å². The van der Waals surface area contributed by atoms with Crippen LogP contribution in [0.4, 0.5) is 28.4 Å². The summed E-state index contributed by atoms with van der Waals surface area (Å²) in [7, 11) is 0. The fourth-order valence-electron chi connectivity index (χ4n) is 3.61. The van der Waals surface area contributed by atoms with Gasteiger partial charge in [0.05, 0.1) is 45.6 Å². The van der Waals surface area contributed by atoms with Gasteiger partial charge < -0.3 is 4.90 Å². The molecule has 4 aromatic carbocycles. The first kappa shape index (κ1) is 16.4. The van der Waals surface area contributed by atoms with Crippen molar-refractivity contribution in [1.29, 1.82) is 0 Å². The third kappa shape index (κ3) is 2.79. The molecule has 2 nitrogen and oxygen atoms in total. The molecule has 0 saturated heterocycles. The van der Waals surface area contributed by atoms with Crippen LogP contribution >= 0.6 is 22.9 Å². The molecule has 0 saturated carbocycles. The molecule has 130 valence electrons. The molecule has 0 fully saturated rings. The molecule has 0 aliphatic carbocycles.